The minimum atomic E-state index is -3.62. The van der Waals surface area contributed by atoms with Crippen LogP contribution in [0.25, 0.3) is 11.0 Å². The lowest BCUT2D eigenvalue weighted by Crippen LogP contribution is -2.22. The van der Waals surface area contributed by atoms with Crippen LogP contribution in [0.1, 0.15) is 19.4 Å². The van der Waals surface area contributed by atoms with Crippen molar-refractivity contribution in [3.05, 3.63) is 39.2 Å². The Morgan fingerprint density at radius 1 is 1.24 bits per heavy atom. The first kappa shape index (κ1) is 16.2. The lowest BCUT2D eigenvalue weighted by molar-refractivity contribution is 0.230. The van der Waals surface area contributed by atoms with Crippen LogP contribution in [-0.2, 0) is 13.6 Å². The molecule has 0 spiro atoms. The van der Waals surface area contributed by atoms with E-state index in [2.05, 4.69) is 0 Å². The first-order valence-corrected chi connectivity index (χ1v) is 8.47. The summed E-state index contributed by atoms with van der Waals surface area (Å²) >= 11 is 6.00. The van der Waals surface area contributed by atoms with Crippen molar-refractivity contribution in [3.63, 3.8) is 0 Å². The van der Waals surface area contributed by atoms with Gasteiger partial charge in [-0.1, -0.05) is 11.6 Å². The van der Waals surface area contributed by atoms with Gasteiger partial charge in [0, 0.05) is 10.4 Å². The fourth-order valence-corrected chi connectivity index (χ4v) is 4.27. The van der Waals surface area contributed by atoms with E-state index in [9.17, 15) is 9.36 Å². The van der Waals surface area contributed by atoms with Crippen LogP contribution in [0.2, 0.25) is 5.02 Å². The number of rotatable bonds is 5. The molecule has 0 atom stereocenters. The first-order chi connectivity index (χ1) is 9.92. The topological polar surface area (TPSA) is 65.7 Å². The van der Waals surface area contributed by atoms with Crippen LogP contribution >= 0.6 is 19.2 Å². The third-order valence-corrected chi connectivity index (χ3v) is 5.49. The molecule has 5 nitrogen and oxygen atoms in total. The Kier molecular flexibility index (Phi) is 4.89. The zero-order valence-electron chi connectivity index (χ0n) is 12.0. The highest BCUT2D eigenvalue weighted by molar-refractivity contribution is 7.62. The summed E-state index contributed by atoms with van der Waals surface area (Å²) in [7, 11) is -3.62. The van der Waals surface area contributed by atoms with E-state index in [1.54, 1.807) is 32.0 Å². The van der Waals surface area contributed by atoms with Crippen molar-refractivity contribution < 1.29 is 18.0 Å². The van der Waals surface area contributed by atoms with E-state index in [4.69, 9.17) is 25.1 Å². The standard InChI is InChI=1S/C14H16ClO5P/c1-4-18-21(17,19-5-2)13-9(3)14(16)20-12-7-6-10(15)8-11(12)13/h6-8H,4-5H2,1-3H3. The van der Waals surface area contributed by atoms with Crippen LogP contribution in [0.4, 0.5) is 0 Å². The number of halogens is 1. The van der Waals surface area contributed by atoms with Crippen LogP contribution in [0.15, 0.2) is 27.4 Å². The summed E-state index contributed by atoms with van der Waals surface area (Å²) in [5, 5.41) is 1.13. The minimum absolute atomic E-state index is 0.193. The highest BCUT2D eigenvalue weighted by atomic mass is 35.5. The number of benzene rings is 1. The second-order valence-corrected chi connectivity index (χ2v) is 6.73. The largest absolute Gasteiger partial charge is 0.422 e. The molecule has 0 fully saturated rings. The van der Waals surface area contributed by atoms with Gasteiger partial charge in [-0.2, -0.15) is 0 Å². The van der Waals surface area contributed by atoms with Gasteiger partial charge in [-0.3, -0.25) is 4.57 Å². The van der Waals surface area contributed by atoms with Crippen molar-refractivity contribution in [2.45, 2.75) is 20.8 Å². The van der Waals surface area contributed by atoms with Crippen LogP contribution in [-0.4, -0.2) is 13.2 Å². The van der Waals surface area contributed by atoms with Gasteiger partial charge in [-0.25, -0.2) is 4.79 Å². The second-order valence-electron chi connectivity index (χ2n) is 4.34. The minimum Gasteiger partial charge on any atom is -0.422 e. The van der Waals surface area contributed by atoms with Crippen molar-refractivity contribution in [1.29, 1.82) is 0 Å². The SMILES string of the molecule is CCOP(=O)(OCC)c1c(C)c(=O)oc2ccc(Cl)cc12. The van der Waals surface area contributed by atoms with E-state index in [1.165, 1.54) is 6.92 Å². The van der Waals surface area contributed by atoms with Crippen molar-refractivity contribution in [2.75, 3.05) is 13.2 Å². The van der Waals surface area contributed by atoms with Gasteiger partial charge >= 0.3 is 13.2 Å². The average Bonchev–Trinajstić information content (AvgIpc) is 2.41. The Labute approximate surface area is 127 Å². The highest BCUT2D eigenvalue weighted by Crippen LogP contribution is 2.49. The molecule has 1 heterocycles. The molecule has 0 unspecified atom stereocenters. The lowest BCUT2D eigenvalue weighted by atomic mass is 10.2. The Hall–Kier alpha value is -1.13. The van der Waals surface area contributed by atoms with Gasteiger partial charge < -0.3 is 13.5 Å². The zero-order valence-corrected chi connectivity index (χ0v) is 13.7. The van der Waals surface area contributed by atoms with Gasteiger partial charge in [-0.15, -0.1) is 0 Å². The molecule has 2 aromatic rings. The van der Waals surface area contributed by atoms with Gasteiger partial charge in [0.25, 0.3) is 0 Å². The molecule has 0 radical (unpaired) electrons. The predicted molar refractivity (Wildman–Crippen MR) is 82.7 cm³/mol. The molecule has 7 heteroatoms. The molecule has 1 aromatic heterocycles. The molecule has 0 saturated heterocycles. The van der Waals surface area contributed by atoms with E-state index in [0.29, 0.717) is 16.0 Å². The van der Waals surface area contributed by atoms with Crippen molar-refractivity contribution in [2.24, 2.45) is 0 Å². The van der Waals surface area contributed by atoms with Gasteiger partial charge in [0.15, 0.2) is 0 Å². The van der Waals surface area contributed by atoms with E-state index < -0.39 is 13.2 Å². The van der Waals surface area contributed by atoms with E-state index in [1.807, 2.05) is 0 Å². The summed E-state index contributed by atoms with van der Waals surface area (Å²) in [6.45, 7) is 5.34. The summed E-state index contributed by atoms with van der Waals surface area (Å²) in [6.07, 6.45) is 0. The Balaban J connectivity index is 2.88. The maximum Gasteiger partial charge on any atom is 0.362 e. The first-order valence-electron chi connectivity index (χ1n) is 6.55. The van der Waals surface area contributed by atoms with Crippen molar-refractivity contribution in [1.82, 2.24) is 0 Å². The summed E-state index contributed by atoms with van der Waals surface area (Å²) in [4.78, 5) is 12.0. The van der Waals surface area contributed by atoms with Gasteiger partial charge in [-0.05, 0) is 39.0 Å². The third-order valence-electron chi connectivity index (χ3n) is 2.93. The molecule has 0 aliphatic heterocycles. The molecule has 0 aliphatic carbocycles. The molecular weight excluding hydrogens is 315 g/mol. The molecule has 2 rings (SSSR count). The van der Waals surface area contributed by atoms with E-state index >= 15 is 0 Å². The van der Waals surface area contributed by atoms with Crippen LogP contribution in [0.3, 0.4) is 0 Å². The predicted octanol–water partition coefficient (Wildman–Crippen LogP) is 3.65. The molecular formula is C14H16ClO5P. The molecule has 0 bridgehead atoms. The Morgan fingerprint density at radius 3 is 2.43 bits per heavy atom. The number of fused-ring (bicyclic) bond motifs is 1. The fourth-order valence-electron chi connectivity index (χ4n) is 2.11. The molecule has 1 aromatic carbocycles. The van der Waals surface area contributed by atoms with Crippen LogP contribution in [0.5, 0.6) is 0 Å². The molecule has 0 amide bonds. The smallest absolute Gasteiger partial charge is 0.362 e. The third kappa shape index (κ3) is 3.06. The van der Waals surface area contributed by atoms with Crippen molar-refractivity contribution >= 4 is 35.5 Å². The average molecular weight is 331 g/mol. The maximum absolute atomic E-state index is 13.0. The monoisotopic (exact) mass is 330 g/mol. The quantitative estimate of drug-likeness (QED) is 0.618. The Bertz CT molecular complexity index is 758. The Morgan fingerprint density at radius 2 is 1.86 bits per heavy atom. The van der Waals surface area contributed by atoms with Gasteiger partial charge in [0.05, 0.1) is 24.1 Å². The van der Waals surface area contributed by atoms with Gasteiger partial charge in [0.2, 0.25) is 0 Å². The highest BCUT2D eigenvalue weighted by Gasteiger charge is 2.33. The van der Waals surface area contributed by atoms with Crippen molar-refractivity contribution in [3.8, 4) is 0 Å². The maximum atomic E-state index is 13.0. The molecule has 0 aliphatic rings. The van der Waals surface area contributed by atoms with E-state index in [0.717, 1.165) is 0 Å². The zero-order chi connectivity index (χ0) is 15.6. The summed E-state index contributed by atoms with van der Waals surface area (Å²) in [5.74, 6) is 0. The summed E-state index contributed by atoms with van der Waals surface area (Å²) in [5.41, 5.74) is -0.0703. The normalized spacial score (nSPS) is 12.0. The molecule has 0 saturated carbocycles. The van der Waals surface area contributed by atoms with Crippen LogP contribution in [0, 0.1) is 6.92 Å². The fraction of sp³-hybridized carbons (Fsp3) is 0.357. The number of hydrogen-bond donors (Lipinski definition) is 0. The summed E-state index contributed by atoms with van der Waals surface area (Å²) in [6, 6.07) is 4.75. The van der Waals surface area contributed by atoms with E-state index in [-0.39, 0.29) is 24.1 Å². The van der Waals surface area contributed by atoms with Crippen LogP contribution < -0.4 is 10.9 Å². The lowest BCUT2D eigenvalue weighted by Gasteiger charge is -2.19. The number of hydrogen-bond acceptors (Lipinski definition) is 5. The molecule has 21 heavy (non-hydrogen) atoms. The molecule has 0 N–H and O–H groups in total. The molecule has 114 valence electrons. The second kappa shape index (κ2) is 6.32. The summed E-state index contributed by atoms with van der Waals surface area (Å²) < 4.78 is 28.9. The van der Waals surface area contributed by atoms with Gasteiger partial charge in [0.1, 0.15) is 5.58 Å².